The maximum atomic E-state index is 12.6. The highest BCUT2D eigenvalue weighted by Gasteiger charge is 2.34. The molecule has 0 radical (unpaired) electrons. The number of anilines is 1. The highest BCUT2D eigenvalue weighted by Crippen LogP contribution is 2.31. The van der Waals surface area contributed by atoms with E-state index in [9.17, 15) is 4.79 Å². The van der Waals surface area contributed by atoms with Crippen molar-refractivity contribution in [3.05, 3.63) is 64.7 Å². The second kappa shape index (κ2) is 8.30. The summed E-state index contributed by atoms with van der Waals surface area (Å²) in [5, 5.41) is 5.86. The van der Waals surface area contributed by atoms with E-state index >= 15 is 0 Å². The molecule has 0 aliphatic rings. The van der Waals surface area contributed by atoms with Crippen molar-refractivity contribution in [2.45, 2.75) is 50.0 Å². The Balaban J connectivity index is 2.18. The van der Waals surface area contributed by atoms with Crippen LogP contribution in [0.2, 0.25) is 0 Å². The number of aryl methyl sites for hydroxylation is 2. The first-order valence-electron chi connectivity index (χ1n) is 8.70. The molecule has 0 spiro atoms. The molecular formula is C21H25Cl3N2O. The molecule has 146 valence electrons. The van der Waals surface area contributed by atoms with Crippen molar-refractivity contribution in [2.24, 2.45) is 0 Å². The van der Waals surface area contributed by atoms with Gasteiger partial charge in [0.1, 0.15) is 6.17 Å². The molecule has 1 amide bonds. The van der Waals surface area contributed by atoms with Gasteiger partial charge in [0.25, 0.3) is 5.91 Å². The van der Waals surface area contributed by atoms with Gasteiger partial charge in [-0.2, -0.15) is 0 Å². The second-order valence-electron chi connectivity index (χ2n) is 7.72. The molecule has 2 aromatic carbocycles. The number of halogens is 3. The quantitative estimate of drug-likeness (QED) is 0.454. The lowest BCUT2D eigenvalue weighted by Crippen LogP contribution is -2.49. The van der Waals surface area contributed by atoms with Gasteiger partial charge < -0.3 is 10.6 Å². The van der Waals surface area contributed by atoms with Crippen molar-refractivity contribution < 1.29 is 4.79 Å². The van der Waals surface area contributed by atoms with E-state index in [0.717, 1.165) is 22.4 Å². The predicted molar refractivity (Wildman–Crippen MR) is 116 cm³/mol. The molecule has 0 aromatic heterocycles. The molecule has 1 unspecified atom stereocenters. The Morgan fingerprint density at radius 2 is 1.52 bits per heavy atom. The Labute approximate surface area is 176 Å². The summed E-state index contributed by atoms with van der Waals surface area (Å²) in [4.78, 5) is 12.6. The Hall–Kier alpha value is -1.42. The summed E-state index contributed by atoms with van der Waals surface area (Å²) in [5.74, 6) is -0.317. The van der Waals surface area contributed by atoms with Crippen molar-refractivity contribution in [3.63, 3.8) is 0 Å². The fourth-order valence-corrected chi connectivity index (χ4v) is 2.86. The predicted octanol–water partition coefficient (Wildman–Crippen LogP) is 6.14. The summed E-state index contributed by atoms with van der Waals surface area (Å²) in [6.07, 6.45) is -0.889. The highest BCUT2D eigenvalue weighted by atomic mass is 35.6. The van der Waals surface area contributed by atoms with Crippen LogP contribution in [0.4, 0.5) is 5.69 Å². The number of nitrogens with one attached hydrogen (secondary N) is 2. The Kier molecular flexibility index (Phi) is 6.72. The fraction of sp³-hybridized carbons (Fsp3) is 0.381. The van der Waals surface area contributed by atoms with Crippen LogP contribution in [0.1, 0.15) is 47.8 Å². The lowest BCUT2D eigenvalue weighted by Gasteiger charge is -2.28. The molecule has 0 aliphatic carbocycles. The third kappa shape index (κ3) is 6.03. The minimum atomic E-state index is -1.72. The zero-order valence-corrected chi connectivity index (χ0v) is 18.4. The molecule has 0 saturated carbocycles. The molecule has 0 bridgehead atoms. The number of alkyl halides is 3. The average Bonchev–Trinajstić information content (AvgIpc) is 2.56. The SMILES string of the molecule is Cc1ccc(NC(NC(=O)c2ccc(C(C)(C)C)cc2)C(Cl)(Cl)Cl)cc1C. The van der Waals surface area contributed by atoms with E-state index in [1.54, 1.807) is 12.1 Å². The van der Waals surface area contributed by atoms with Crippen LogP contribution in [0, 0.1) is 13.8 Å². The first kappa shape index (κ1) is 21.9. The maximum absolute atomic E-state index is 12.6. The third-order valence-corrected chi connectivity index (χ3v) is 5.09. The van der Waals surface area contributed by atoms with Crippen molar-refractivity contribution in [1.29, 1.82) is 0 Å². The monoisotopic (exact) mass is 426 g/mol. The first-order chi connectivity index (χ1) is 12.4. The van der Waals surface area contributed by atoms with Gasteiger partial charge in [-0.25, -0.2) is 0 Å². The van der Waals surface area contributed by atoms with E-state index in [1.807, 2.05) is 44.2 Å². The molecule has 1 atom stereocenters. The van der Waals surface area contributed by atoms with Crippen LogP contribution in [-0.4, -0.2) is 15.9 Å². The lowest BCUT2D eigenvalue weighted by molar-refractivity contribution is 0.0942. The fourth-order valence-electron chi connectivity index (χ4n) is 2.53. The third-order valence-electron chi connectivity index (χ3n) is 4.43. The van der Waals surface area contributed by atoms with Crippen molar-refractivity contribution in [3.8, 4) is 0 Å². The lowest BCUT2D eigenvalue weighted by atomic mass is 9.87. The summed E-state index contributed by atoms with van der Waals surface area (Å²) in [6, 6.07) is 13.2. The molecule has 0 fully saturated rings. The van der Waals surface area contributed by atoms with Gasteiger partial charge in [0.05, 0.1) is 0 Å². The van der Waals surface area contributed by atoms with E-state index in [-0.39, 0.29) is 11.3 Å². The minimum absolute atomic E-state index is 0.0139. The molecule has 3 nitrogen and oxygen atoms in total. The van der Waals surface area contributed by atoms with Gasteiger partial charge >= 0.3 is 0 Å². The van der Waals surface area contributed by atoms with Crippen molar-refractivity contribution >= 4 is 46.4 Å². The van der Waals surface area contributed by atoms with Crippen LogP contribution >= 0.6 is 34.8 Å². The second-order valence-corrected chi connectivity index (χ2v) is 10.1. The van der Waals surface area contributed by atoms with Crippen LogP contribution in [0.25, 0.3) is 0 Å². The number of hydrogen-bond donors (Lipinski definition) is 2. The summed E-state index contributed by atoms with van der Waals surface area (Å²) < 4.78 is -1.72. The Morgan fingerprint density at radius 1 is 0.926 bits per heavy atom. The van der Waals surface area contributed by atoms with E-state index in [4.69, 9.17) is 34.8 Å². The van der Waals surface area contributed by atoms with Gasteiger partial charge in [0.15, 0.2) is 0 Å². The number of benzene rings is 2. The van der Waals surface area contributed by atoms with Crippen molar-refractivity contribution in [2.75, 3.05) is 5.32 Å². The molecule has 27 heavy (non-hydrogen) atoms. The molecule has 2 rings (SSSR count). The topological polar surface area (TPSA) is 41.1 Å². The van der Waals surface area contributed by atoms with Crippen molar-refractivity contribution in [1.82, 2.24) is 5.32 Å². The smallest absolute Gasteiger partial charge is 0.252 e. The molecule has 0 aliphatic heterocycles. The van der Waals surface area contributed by atoms with Gasteiger partial charge in [-0.1, -0.05) is 73.8 Å². The summed E-state index contributed by atoms with van der Waals surface area (Å²) >= 11 is 18.3. The van der Waals surface area contributed by atoms with E-state index in [0.29, 0.717) is 5.56 Å². The normalized spacial score (nSPS) is 13.2. The molecule has 2 N–H and O–H groups in total. The summed E-state index contributed by atoms with van der Waals surface area (Å²) in [7, 11) is 0. The van der Waals surface area contributed by atoms with Crippen LogP contribution in [0.3, 0.4) is 0 Å². The first-order valence-corrected chi connectivity index (χ1v) is 9.83. The number of amides is 1. The Morgan fingerprint density at radius 3 is 2.00 bits per heavy atom. The van der Waals surface area contributed by atoms with E-state index in [2.05, 4.69) is 31.4 Å². The number of rotatable bonds is 4. The standard InChI is InChI=1S/C21H25Cl3N2O/c1-13-6-11-17(12-14(13)2)25-19(21(22,23)24)26-18(27)15-7-9-16(10-8-15)20(3,4)5/h6-12,19,25H,1-5H3,(H,26,27). The zero-order valence-electron chi connectivity index (χ0n) is 16.2. The molecule has 6 heteroatoms. The molecule has 0 heterocycles. The highest BCUT2D eigenvalue weighted by molar-refractivity contribution is 6.68. The maximum Gasteiger partial charge on any atom is 0.252 e. The van der Waals surface area contributed by atoms with Gasteiger partial charge in [-0.3, -0.25) is 4.79 Å². The number of carbonyl (C=O) groups excluding carboxylic acids is 1. The summed E-state index contributed by atoms with van der Waals surface area (Å²) in [6.45, 7) is 10.4. The largest absolute Gasteiger partial charge is 0.362 e. The van der Waals surface area contributed by atoms with E-state index < -0.39 is 9.96 Å². The van der Waals surface area contributed by atoms with Gasteiger partial charge in [0.2, 0.25) is 3.79 Å². The van der Waals surface area contributed by atoms with E-state index in [1.165, 1.54) is 0 Å². The number of carbonyl (C=O) groups is 1. The van der Waals surface area contributed by atoms with Gasteiger partial charge in [-0.15, -0.1) is 0 Å². The summed E-state index contributed by atoms with van der Waals surface area (Å²) in [5.41, 5.74) is 4.69. The Bertz CT molecular complexity index is 806. The van der Waals surface area contributed by atoms with Crippen LogP contribution in [-0.2, 0) is 5.41 Å². The van der Waals surface area contributed by atoms with Crippen LogP contribution < -0.4 is 10.6 Å². The van der Waals surface area contributed by atoms with Gasteiger partial charge in [-0.05, 0) is 60.2 Å². The van der Waals surface area contributed by atoms with Crippen LogP contribution in [0.15, 0.2) is 42.5 Å². The molecular weight excluding hydrogens is 403 g/mol. The van der Waals surface area contributed by atoms with Gasteiger partial charge in [0, 0.05) is 11.3 Å². The average molecular weight is 428 g/mol. The zero-order chi connectivity index (χ0) is 20.4. The minimum Gasteiger partial charge on any atom is -0.362 e. The van der Waals surface area contributed by atoms with Crippen LogP contribution in [0.5, 0.6) is 0 Å². The number of hydrogen-bond acceptors (Lipinski definition) is 2. The molecule has 0 saturated heterocycles. The molecule has 2 aromatic rings.